The summed E-state index contributed by atoms with van der Waals surface area (Å²) in [7, 11) is 4.32. The van der Waals surface area contributed by atoms with Crippen LogP contribution in [0.1, 0.15) is 26.2 Å². The van der Waals surface area contributed by atoms with Gasteiger partial charge in [-0.1, -0.05) is 6.92 Å². The van der Waals surface area contributed by atoms with Crippen LogP contribution in [-0.2, 0) is 0 Å². The molecule has 0 aromatic carbocycles. The van der Waals surface area contributed by atoms with E-state index in [1.807, 2.05) is 0 Å². The van der Waals surface area contributed by atoms with Crippen molar-refractivity contribution in [1.82, 2.24) is 9.80 Å². The van der Waals surface area contributed by atoms with Crippen LogP contribution in [0.3, 0.4) is 0 Å². The van der Waals surface area contributed by atoms with E-state index in [-0.39, 0.29) is 5.54 Å². The molecule has 3 heteroatoms. The van der Waals surface area contributed by atoms with Gasteiger partial charge in [0.15, 0.2) is 0 Å². The minimum Gasteiger partial charge on any atom is -0.329 e. The van der Waals surface area contributed by atoms with Gasteiger partial charge in [-0.3, -0.25) is 0 Å². The smallest absolute Gasteiger partial charge is 0.0338 e. The fourth-order valence-electron chi connectivity index (χ4n) is 2.38. The first kappa shape index (κ1) is 12.0. The van der Waals surface area contributed by atoms with Crippen LogP contribution in [0.15, 0.2) is 0 Å². The van der Waals surface area contributed by atoms with Gasteiger partial charge in [-0.15, -0.1) is 0 Å². The fraction of sp³-hybridized carbons (Fsp3) is 1.00. The van der Waals surface area contributed by atoms with Crippen molar-refractivity contribution in [3.8, 4) is 0 Å². The molecule has 0 spiro atoms. The number of likely N-dealkylation sites (N-methyl/N-ethyl adjacent to an activating group) is 1. The predicted molar refractivity (Wildman–Crippen MR) is 61.4 cm³/mol. The molecule has 1 aliphatic heterocycles. The van der Waals surface area contributed by atoms with E-state index in [9.17, 15) is 0 Å². The van der Waals surface area contributed by atoms with Gasteiger partial charge in [-0.25, -0.2) is 0 Å². The molecule has 1 heterocycles. The van der Waals surface area contributed by atoms with Gasteiger partial charge in [0.05, 0.1) is 0 Å². The van der Waals surface area contributed by atoms with E-state index in [0.717, 1.165) is 6.54 Å². The van der Waals surface area contributed by atoms with Crippen molar-refractivity contribution < 1.29 is 0 Å². The van der Waals surface area contributed by atoms with Gasteiger partial charge in [0.1, 0.15) is 0 Å². The van der Waals surface area contributed by atoms with E-state index in [4.69, 9.17) is 5.73 Å². The molecular weight excluding hydrogens is 174 g/mol. The molecule has 0 saturated carbocycles. The van der Waals surface area contributed by atoms with Gasteiger partial charge < -0.3 is 15.5 Å². The number of hydrogen-bond donors (Lipinski definition) is 1. The highest BCUT2D eigenvalue weighted by Gasteiger charge is 2.32. The normalized spacial score (nSPS) is 30.6. The highest BCUT2D eigenvalue weighted by molar-refractivity contribution is 4.91. The Hall–Kier alpha value is -0.120. The second kappa shape index (κ2) is 5.10. The summed E-state index contributed by atoms with van der Waals surface area (Å²) in [5.41, 5.74) is 6.19. The Morgan fingerprint density at radius 1 is 1.29 bits per heavy atom. The minimum atomic E-state index is 0.254. The summed E-state index contributed by atoms with van der Waals surface area (Å²) in [6, 6.07) is 0. The average Bonchev–Trinajstić information content (AvgIpc) is 2.40. The number of rotatable bonds is 3. The summed E-state index contributed by atoms with van der Waals surface area (Å²) < 4.78 is 0. The molecule has 2 N–H and O–H groups in total. The molecule has 1 saturated heterocycles. The Balaban J connectivity index is 2.61. The van der Waals surface area contributed by atoms with E-state index < -0.39 is 0 Å². The van der Waals surface area contributed by atoms with Crippen molar-refractivity contribution in [1.29, 1.82) is 0 Å². The zero-order chi connectivity index (χ0) is 10.6. The molecule has 0 aliphatic carbocycles. The highest BCUT2D eigenvalue weighted by atomic mass is 15.2. The first-order valence-corrected chi connectivity index (χ1v) is 5.74. The van der Waals surface area contributed by atoms with E-state index in [2.05, 4.69) is 30.8 Å². The topological polar surface area (TPSA) is 32.5 Å². The van der Waals surface area contributed by atoms with Crippen LogP contribution >= 0.6 is 0 Å². The Kier molecular flexibility index (Phi) is 4.35. The van der Waals surface area contributed by atoms with Crippen LogP contribution < -0.4 is 5.73 Å². The van der Waals surface area contributed by atoms with Crippen molar-refractivity contribution in [2.75, 3.05) is 40.3 Å². The average molecular weight is 199 g/mol. The summed E-state index contributed by atoms with van der Waals surface area (Å²) in [5.74, 6) is 0. The molecule has 0 amide bonds. The van der Waals surface area contributed by atoms with E-state index in [1.54, 1.807) is 0 Å². The molecule has 1 aliphatic rings. The van der Waals surface area contributed by atoms with E-state index in [1.165, 1.54) is 38.9 Å². The summed E-state index contributed by atoms with van der Waals surface area (Å²) in [6.07, 6.45) is 3.74. The third kappa shape index (κ3) is 2.47. The van der Waals surface area contributed by atoms with Crippen molar-refractivity contribution >= 4 is 0 Å². The van der Waals surface area contributed by atoms with Crippen LogP contribution in [0.5, 0.6) is 0 Å². The van der Waals surface area contributed by atoms with Crippen molar-refractivity contribution in [2.45, 2.75) is 31.7 Å². The van der Waals surface area contributed by atoms with Gasteiger partial charge in [0.2, 0.25) is 0 Å². The largest absolute Gasteiger partial charge is 0.329 e. The van der Waals surface area contributed by atoms with Gasteiger partial charge in [0, 0.05) is 12.1 Å². The highest BCUT2D eigenvalue weighted by Crippen LogP contribution is 2.25. The van der Waals surface area contributed by atoms with Crippen molar-refractivity contribution in [3.05, 3.63) is 0 Å². The molecule has 3 nitrogen and oxygen atoms in total. The van der Waals surface area contributed by atoms with Crippen LogP contribution in [0.25, 0.3) is 0 Å². The third-order valence-corrected chi connectivity index (χ3v) is 3.79. The molecule has 1 fully saturated rings. The first-order valence-electron chi connectivity index (χ1n) is 5.74. The van der Waals surface area contributed by atoms with Gasteiger partial charge >= 0.3 is 0 Å². The summed E-state index contributed by atoms with van der Waals surface area (Å²) in [6.45, 7) is 6.65. The molecule has 1 unspecified atom stereocenters. The lowest BCUT2D eigenvalue weighted by Gasteiger charge is -2.38. The maximum absolute atomic E-state index is 5.94. The Morgan fingerprint density at radius 2 is 2.00 bits per heavy atom. The molecule has 0 aromatic rings. The molecule has 1 atom stereocenters. The molecule has 0 aromatic heterocycles. The molecule has 1 rings (SSSR count). The third-order valence-electron chi connectivity index (χ3n) is 3.79. The fourth-order valence-corrected chi connectivity index (χ4v) is 2.38. The molecule has 14 heavy (non-hydrogen) atoms. The monoisotopic (exact) mass is 199 g/mol. The number of hydrogen-bond acceptors (Lipinski definition) is 3. The SMILES string of the molecule is CCN1CCCC(CN)(N(C)C)CC1. The lowest BCUT2D eigenvalue weighted by molar-refractivity contribution is 0.137. The van der Waals surface area contributed by atoms with Gasteiger partial charge in [0.25, 0.3) is 0 Å². The van der Waals surface area contributed by atoms with E-state index in [0.29, 0.717) is 0 Å². The maximum Gasteiger partial charge on any atom is 0.0338 e. The molecule has 84 valence electrons. The summed E-state index contributed by atoms with van der Waals surface area (Å²) >= 11 is 0. The number of nitrogens with zero attached hydrogens (tertiary/aromatic N) is 2. The lowest BCUT2D eigenvalue weighted by Crippen LogP contribution is -2.50. The zero-order valence-electron chi connectivity index (χ0n) is 9.92. The summed E-state index contributed by atoms with van der Waals surface area (Å²) in [5, 5.41) is 0. The first-order chi connectivity index (χ1) is 6.64. The quantitative estimate of drug-likeness (QED) is 0.728. The van der Waals surface area contributed by atoms with Gasteiger partial charge in [-0.05, 0) is 53.0 Å². The van der Waals surface area contributed by atoms with E-state index >= 15 is 0 Å². The predicted octanol–water partition coefficient (Wildman–Crippen LogP) is 0.751. The minimum absolute atomic E-state index is 0.254. The van der Waals surface area contributed by atoms with Crippen molar-refractivity contribution in [2.24, 2.45) is 5.73 Å². The number of nitrogens with two attached hydrogens (primary N) is 1. The van der Waals surface area contributed by atoms with Crippen LogP contribution in [-0.4, -0.2) is 55.6 Å². The Labute approximate surface area is 88.2 Å². The summed E-state index contributed by atoms with van der Waals surface area (Å²) in [4.78, 5) is 4.85. The second-order valence-corrected chi connectivity index (χ2v) is 4.61. The zero-order valence-corrected chi connectivity index (χ0v) is 9.92. The van der Waals surface area contributed by atoms with Gasteiger partial charge in [-0.2, -0.15) is 0 Å². The molecule has 0 radical (unpaired) electrons. The maximum atomic E-state index is 5.94. The Morgan fingerprint density at radius 3 is 2.50 bits per heavy atom. The molecular formula is C11H25N3. The Bertz CT molecular complexity index is 170. The molecule has 0 bridgehead atoms. The lowest BCUT2D eigenvalue weighted by atomic mass is 9.89. The van der Waals surface area contributed by atoms with Crippen LogP contribution in [0.2, 0.25) is 0 Å². The number of likely N-dealkylation sites (tertiary alicyclic amines) is 1. The van der Waals surface area contributed by atoms with Crippen LogP contribution in [0, 0.1) is 0 Å². The van der Waals surface area contributed by atoms with Crippen LogP contribution in [0.4, 0.5) is 0 Å². The second-order valence-electron chi connectivity index (χ2n) is 4.61. The van der Waals surface area contributed by atoms with Crippen molar-refractivity contribution in [3.63, 3.8) is 0 Å². The standard InChI is InChI=1S/C11H25N3/c1-4-14-8-5-6-11(10-12,7-9-14)13(2)3/h4-10,12H2,1-3H3.